The van der Waals surface area contributed by atoms with Crippen LogP contribution in [0.25, 0.3) is 5.69 Å². The van der Waals surface area contributed by atoms with Crippen LogP contribution in [-0.2, 0) is 4.74 Å². The summed E-state index contributed by atoms with van der Waals surface area (Å²) >= 11 is 0. The number of ether oxygens (including phenoxy) is 1. The number of aromatic nitrogens is 2. The second kappa shape index (κ2) is 8.22. The number of aryl methyl sites for hydroxylation is 1. The predicted octanol–water partition coefficient (Wildman–Crippen LogP) is 2.03. The van der Waals surface area contributed by atoms with E-state index in [1.165, 1.54) is 4.90 Å². The number of hydrogen-bond donors (Lipinski definition) is 3. The quantitative estimate of drug-likeness (QED) is 0.716. The number of hydrogen-bond acceptors (Lipinski definition) is 5. The minimum absolute atomic E-state index is 0.105. The second-order valence-corrected chi connectivity index (χ2v) is 7.49. The van der Waals surface area contributed by atoms with Crippen LogP contribution in [0, 0.1) is 6.92 Å². The Morgan fingerprint density at radius 1 is 1.21 bits per heavy atom. The van der Waals surface area contributed by atoms with E-state index in [-0.39, 0.29) is 24.1 Å². The van der Waals surface area contributed by atoms with E-state index in [4.69, 9.17) is 4.74 Å². The number of urea groups is 2. The third kappa shape index (κ3) is 4.25. The first-order chi connectivity index (χ1) is 14.0. The monoisotopic (exact) mass is 398 g/mol. The van der Waals surface area contributed by atoms with Crippen LogP contribution in [0.3, 0.4) is 0 Å². The van der Waals surface area contributed by atoms with Crippen molar-refractivity contribution in [2.45, 2.75) is 45.1 Å². The highest BCUT2D eigenvalue weighted by atomic mass is 16.5. The average molecular weight is 398 g/mol. The lowest BCUT2D eigenvalue weighted by Gasteiger charge is -2.39. The molecule has 9 heteroatoms. The van der Waals surface area contributed by atoms with Crippen molar-refractivity contribution in [2.75, 3.05) is 13.2 Å². The molecular formula is C20H26N6O3. The molecule has 9 nitrogen and oxygen atoms in total. The molecule has 154 valence electrons. The lowest BCUT2D eigenvalue weighted by atomic mass is 10.1. The molecule has 0 saturated carbocycles. The predicted molar refractivity (Wildman–Crippen MR) is 106 cm³/mol. The molecule has 4 amide bonds. The van der Waals surface area contributed by atoms with E-state index in [1.807, 2.05) is 55.2 Å². The summed E-state index contributed by atoms with van der Waals surface area (Å²) in [6, 6.07) is 6.98. The Labute approximate surface area is 169 Å². The Kier molecular flexibility index (Phi) is 5.50. The van der Waals surface area contributed by atoms with Gasteiger partial charge in [-0.3, -0.25) is 5.32 Å². The fourth-order valence-electron chi connectivity index (χ4n) is 3.71. The van der Waals surface area contributed by atoms with Crippen LogP contribution < -0.4 is 16.0 Å². The third-order valence-corrected chi connectivity index (χ3v) is 5.29. The smallest absolute Gasteiger partial charge is 0.328 e. The summed E-state index contributed by atoms with van der Waals surface area (Å²) in [6.07, 6.45) is 4.45. The summed E-state index contributed by atoms with van der Waals surface area (Å²) in [4.78, 5) is 26.3. The van der Waals surface area contributed by atoms with Crippen molar-refractivity contribution in [1.29, 1.82) is 0 Å². The normalized spacial score (nSPS) is 19.7. The van der Waals surface area contributed by atoms with Gasteiger partial charge in [0, 0.05) is 31.5 Å². The highest BCUT2D eigenvalue weighted by Gasteiger charge is 2.37. The Morgan fingerprint density at radius 2 is 1.93 bits per heavy atom. The maximum Gasteiger partial charge on any atom is 0.328 e. The van der Waals surface area contributed by atoms with Crippen LogP contribution in [0.15, 0.2) is 36.7 Å². The van der Waals surface area contributed by atoms with Gasteiger partial charge in [-0.25, -0.2) is 19.2 Å². The van der Waals surface area contributed by atoms with Gasteiger partial charge in [0.1, 0.15) is 0 Å². The van der Waals surface area contributed by atoms with Crippen molar-refractivity contribution < 1.29 is 14.3 Å². The molecule has 0 spiro atoms. The van der Waals surface area contributed by atoms with Crippen molar-refractivity contribution in [3.8, 4) is 5.69 Å². The molecule has 2 aliphatic heterocycles. The summed E-state index contributed by atoms with van der Waals surface area (Å²) in [5, 5.41) is 13.3. The van der Waals surface area contributed by atoms with Gasteiger partial charge in [-0.2, -0.15) is 5.10 Å². The lowest BCUT2D eigenvalue weighted by Crippen LogP contribution is -2.70. The Balaban J connectivity index is 1.41. The number of carbonyl (C=O) groups excluding carboxylic acids is 2. The molecule has 1 aromatic carbocycles. The van der Waals surface area contributed by atoms with Gasteiger partial charge in [0.25, 0.3) is 0 Å². The molecule has 2 saturated heterocycles. The number of amides is 4. The Morgan fingerprint density at radius 3 is 2.59 bits per heavy atom. The van der Waals surface area contributed by atoms with E-state index in [1.54, 1.807) is 0 Å². The second-order valence-electron chi connectivity index (χ2n) is 7.49. The van der Waals surface area contributed by atoms with Gasteiger partial charge < -0.3 is 15.4 Å². The SMILES string of the molecule is Cc1cnn(-c2cccc([C@H](C)NC3NC(=O)N(C4CCOCC4)C(=O)N3)c2)c1. The van der Waals surface area contributed by atoms with E-state index >= 15 is 0 Å². The van der Waals surface area contributed by atoms with Crippen LogP contribution in [0.4, 0.5) is 9.59 Å². The van der Waals surface area contributed by atoms with Crippen molar-refractivity contribution in [3.63, 3.8) is 0 Å². The molecule has 2 fully saturated rings. The number of nitrogens with one attached hydrogen (secondary N) is 3. The highest BCUT2D eigenvalue weighted by Crippen LogP contribution is 2.19. The Hall–Kier alpha value is -2.91. The molecule has 0 aliphatic carbocycles. The van der Waals surface area contributed by atoms with Crippen LogP contribution in [-0.4, -0.2) is 52.3 Å². The fraction of sp³-hybridized carbons (Fsp3) is 0.450. The van der Waals surface area contributed by atoms with E-state index in [0.29, 0.717) is 26.1 Å². The highest BCUT2D eigenvalue weighted by molar-refractivity contribution is 5.96. The average Bonchev–Trinajstić information content (AvgIpc) is 3.15. The minimum atomic E-state index is -0.642. The molecule has 29 heavy (non-hydrogen) atoms. The van der Waals surface area contributed by atoms with Gasteiger partial charge in [-0.15, -0.1) is 0 Å². The number of carbonyl (C=O) groups is 2. The summed E-state index contributed by atoms with van der Waals surface area (Å²) in [7, 11) is 0. The first kappa shape index (κ1) is 19.4. The lowest BCUT2D eigenvalue weighted by molar-refractivity contribution is 0.0492. The first-order valence-corrected chi connectivity index (χ1v) is 9.87. The van der Waals surface area contributed by atoms with Gasteiger partial charge in [0.2, 0.25) is 0 Å². The molecule has 2 aliphatic rings. The number of benzene rings is 1. The molecule has 0 radical (unpaired) electrons. The zero-order chi connectivity index (χ0) is 20.4. The number of rotatable bonds is 5. The molecule has 1 atom stereocenters. The van der Waals surface area contributed by atoms with Crippen LogP contribution in [0.1, 0.15) is 36.9 Å². The molecular weight excluding hydrogens is 372 g/mol. The maximum absolute atomic E-state index is 12.5. The topological polar surface area (TPSA) is 101 Å². The molecule has 3 N–H and O–H groups in total. The molecule has 3 heterocycles. The van der Waals surface area contributed by atoms with Crippen molar-refractivity contribution in [2.24, 2.45) is 0 Å². The van der Waals surface area contributed by atoms with Crippen molar-refractivity contribution >= 4 is 12.1 Å². The number of nitrogens with zero attached hydrogens (tertiary/aromatic N) is 3. The standard InChI is InChI=1S/C20H26N6O3/c1-13-11-21-25(12-13)17-5-3-4-15(10-17)14(2)22-18-23-19(27)26(20(28)24-18)16-6-8-29-9-7-16/h3-5,10-12,14,16,18,22H,6-9H2,1-2H3,(H,23,27)(H,24,28)/t14-/m0/s1. The van der Waals surface area contributed by atoms with Gasteiger partial charge in [-0.1, -0.05) is 12.1 Å². The summed E-state index contributed by atoms with van der Waals surface area (Å²) in [6.45, 7) is 5.10. The molecule has 4 rings (SSSR count). The minimum Gasteiger partial charge on any atom is -0.381 e. The largest absolute Gasteiger partial charge is 0.381 e. The van der Waals surface area contributed by atoms with Gasteiger partial charge in [-0.05, 0) is 49.9 Å². The third-order valence-electron chi connectivity index (χ3n) is 5.29. The van der Waals surface area contributed by atoms with E-state index in [0.717, 1.165) is 16.8 Å². The van der Waals surface area contributed by atoms with E-state index in [9.17, 15) is 9.59 Å². The Bertz CT molecular complexity index is 874. The van der Waals surface area contributed by atoms with Crippen LogP contribution >= 0.6 is 0 Å². The van der Waals surface area contributed by atoms with Crippen LogP contribution in [0.2, 0.25) is 0 Å². The van der Waals surface area contributed by atoms with Crippen molar-refractivity contribution in [3.05, 3.63) is 47.8 Å². The summed E-state index contributed by atoms with van der Waals surface area (Å²) in [5.74, 6) is 0. The summed E-state index contributed by atoms with van der Waals surface area (Å²) in [5.41, 5.74) is 3.06. The van der Waals surface area contributed by atoms with E-state index < -0.39 is 6.29 Å². The van der Waals surface area contributed by atoms with Crippen molar-refractivity contribution in [1.82, 2.24) is 30.6 Å². The van der Waals surface area contributed by atoms with Crippen LogP contribution in [0.5, 0.6) is 0 Å². The maximum atomic E-state index is 12.5. The molecule has 2 aromatic rings. The number of imide groups is 1. The van der Waals surface area contributed by atoms with Gasteiger partial charge in [0.15, 0.2) is 6.29 Å². The van der Waals surface area contributed by atoms with Gasteiger partial charge >= 0.3 is 12.1 Å². The van der Waals surface area contributed by atoms with Gasteiger partial charge in [0.05, 0.1) is 11.9 Å². The summed E-state index contributed by atoms with van der Waals surface area (Å²) < 4.78 is 7.14. The van der Waals surface area contributed by atoms with E-state index in [2.05, 4.69) is 21.0 Å². The molecule has 1 aromatic heterocycles. The first-order valence-electron chi connectivity index (χ1n) is 9.87. The fourth-order valence-corrected chi connectivity index (χ4v) is 3.71. The molecule has 0 unspecified atom stereocenters. The zero-order valence-corrected chi connectivity index (χ0v) is 16.6. The molecule has 0 bridgehead atoms. The zero-order valence-electron chi connectivity index (χ0n) is 16.6.